The van der Waals surface area contributed by atoms with E-state index in [0.29, 0.717) is 17.8 Å². The van der Waals surface area contributed by atoms with Gasteiger partial charge in [-0.25, -0.2) is 4.79 Å². The Hall–Kier alpha value is -2.19. The number of carbonyl (C=O) groups excluding carboxylic acids is 1. The Morgan fingerprint density at radius 1 is 1.36 bits per heavy atom. The minimum atomic E-state index is -4.59. The molecule has 0 saturated carbocycles. The standard InChI is InChI=1S/C15H12Cl2F3N3O2/c1-3-4-21-14(24)23-8(2)5-12(22-23)25-13-10(16)6-9(7-11(13)17)15(18,19)20/h3,5-7H,1,4H2,2H3,(H,21,24). The SMILES string of the molecule is C=CCNC(=O)n1nc(Oc2c(Cl)cc(C(F)(F)F)cc2Cl)cc1C. The average Bonchev–Trinajstić information content (AvgIpc) is 2.88. The normalized spacial score (nSPS) is 11.3. The van der Waals surface area contributed by atoms with Crippen LogP contribution in [-0.4, -0.2) is 22.4 Å². The van der Waals surface area contributed by atoms with Crippen molar-refractivity contribution in [3.63, 3.8) is 0 Å². The van der Waals surface area contributed by atoms with Gasteiger partial charge in [0.25, 0.3) is 0 Å². The molecule has 0 unspecified atom stereocenters. The van der Waals surface area contributed by atoms with Crippen molar-refractivity contribution in [1.29, 1.82) is 0 Å². The maximum atomic E-state index is 12.7. The lowest BCUT2D eigenvalue weighted by atomic mass is 10.2. The number of hydrogen-bond acceptors (Lipinski definition) is 3. The van der Waals surface area contributed by atoms with Crippen molar-refractivity contribution in [1.82, 2.24) is 15.1 Å². The number of amides is 1. The lowest BCUT2D eigenvalue weighted by molar-refractivity contribution is -0.137. The fraction of sp³-hybridized carbons (Fsp3) is 0.200. The molecule has 10 heteroatoms. The van der Waals surface area contributed by atoms with Gasteiger partial charge in [-0.3, -0.25) is 0 Å². The zero-order valence-electron chi connectivity index (χ0n) is 12.8. The van der Waals surface area contributed by atoms with E-state index in [1.54, 1.807) is 6.92 Å². The molecule has 0 aliphatic heterocycles. The van der Waals surface area contributed by atoms with E-state index >= 15 is 0 Å². The molecule has 0 radical (unpaired) electrons. The van der Waals surface area contributed by atoms with Gasteiger partial charge in [-0.15, -0.1) is 11.7 Å². The van der Waals surface area contributed by atoms with Crippen LogP contribution in [0.4, 0.5) is 18.0 Å². The van der Waals surface area contributed by atoms with Crippen molar-refractivity contribution in [3.05, 3.63) is 52.2 Å². The van der Waals surface area contributed by atoms with Crippen LogP contribution in [0.3, 0.4) is 0 Å². The van der Waals surface area contributed by atoms with Crippen LogP contribution in [0.25, 0.3) is 0 Å². The van der Waals surface area contributed by atoms with Crippen molar-refractivity contribution in [2.24, 2.45) is 0 Å². The lowest BCUT2D eigenvalue weighted by Gasteiger charge is -2.11. The van der Waals surface area contributed by atoms with Gasteiger partial charge in [-0.1, -0.05) is 29.3 Å². The Balaban J connectivity index is 2.29. The third-order valence-corrected chi connectivity index (χ3v) is 3.55. The molecule has 0 fully saturated rings. The Labute approximate surface area is 151 Å². The van der Waals surface area contributed by atoms with Gasteiger partial charge in [0.2, 0.25) is 5.88 Å². The predicted molar refractivity (Wildman–Crippen MR) is 87.5 cm³/mol. The maximum Gasteiger partial charge on any atom is 0.416 e. The van der Waals surface area contributed by atoms with Crippen molar-refractivity contribution >= 4 is 29.2 Å². The summed E-state index contributed by atoms with van der Waals surface area (Å²) >= 11 is 11.7. The van der Waals surface area contributed by atoms with Gasteiger partial charge in [-0.2, -0.15) is 17.9 Å². The first-order chi connectivity index (χ1) is 11.6. The number of alkyl halides is 3. The summed E-state index contributed by atoms with van der Waals surface area (Å²) in [6.07, 6.45) is -3.09. The second kappa shape index (κ2) is 7.37. The van der Waals surface area contributed by atoms with E-state index in [4.69, 9.17) is 27.9 Å². The molecular formula is C15H12Cl2F3N3O2. The molecule has 1 N–H and O–H groups in total. The van der Waals surface area contributed by atoms with Crippen LogP contribution in [0.15, 0.2) is 30.9 Å². The van der Waals surface area contributed by atoms with E-state index in [-0.39, 0.29) is 28.2 Å². The van der Waals surface area contributed by atoms with Gasteiger partial charge in [0.15, 0.2) is 5.75 Å². The summed E-state index contributed by atoms with van der Waals surface area (Å²) in [5.41, 5.74) is -0.559. The monoisotopic (exact) mass is 393 g/mol. The van der Waals surface area contributed by atoms with Crippen LogP contribution < -0.4 is 10.1 Å². The molecule has 0 atom stereocenters. The smallest absolute Gasteiger partial charge is 0.416 e. The minimum Gasteiger partial charge on any atom is -0.434 e. The van der Waals surface area contributed by atoms with Crippen LogP contribution >= 0.6 is 23.2 Å². The molecule has 1 aromatic carbocycles. The van der Waals surface area contributed by atoms with Crippen LogP contribution in [-0.2, 0) is 6.18 Å². The van der Waals surface area contributed by atoms with E-state index in [9.17, 15) is 18.0 Å². The van der Waals surface area contributed by atoms with Crippen LogP contribution in [0.5, 0.6) is 11.6 Å². The maximum absolute atomic E-state index is 12.7. The van der Waals surface area contributed by atoms with E-state index in [0.717, 1.165) is 4.68 Å². The second-order valence-corrected chi connectivity index (χ2v) is 5.69. The number of nitrogens with one attached hydrogen (secondary N) is 1. The van der Waals surface area contributed by atoms with Gasteiger partial charge in [0.1, 0.15) is 0 Å². The van der Waals surface area contributed by atoms with Gasteiger partial charge < -0.3 is 10.1 Å². The highest BCUT2D eigenvalue weighted by atomic mass is 35.5. The van der Waals surface area contributed by atoms with Crippen LogP contribution in [0, 0.1) is 6.92 Å². The Morgan fingerprint density at radius 3 is 2.48 bits per heavy atom. The number of aryl methyl sites for hydroxylation is 1. The molecule has 1 heterocycles. The van der Waals surface area contributed by atoms with Crippen molar-refractivity contribution < 1.29 is 22.7 Å². The Kier molecular flexibility index (Phi) is 5.64. The molecule has 134 valence electrons. The number of aromatic nitrogens is 2. The topological polar surface area (TPSA) is 56.2 Å². The summed E-state index contributed by atoms with van der Waals surface area (Å²) in [5, 5.41) is 5.78. The third kappa shape index (κ3) is 4.46. The quantitative estimate of drug-likeness (QED) is 0.739. The van der Waals surface area contributed by atoms with Crippen LogP contribution in [0.1, 0.15) is 11.3 Å². The number of halogens is 5. The number of hydrogen-bond donors (Lipinski definition) is 1. The summed E-state index contributed by atoms with van der Waals surface area (Å²) < 4.78 is 44.6. The molecule has 0 bridgehead atoms. The van der Waals surface area contributed by atoms with Crippen molar-refractivity contribution in [2.45, 2.75) is 13.1 Å². The van der Waals surface area contributed by atoms with Crippen LogP contribution in [0.2, 0.25) is 10.0 Å². The lowest BCUT2D eigenvalue weighted by Crippen LogP contribution is -2.30. The molecule has 1 aromatic heterocycles. The number of carbonyl (C=O) groups is 1. The molecule has 0 aliphatic carbocycles. The fourth-order valence-electron chi connectivity index (χ4n) is 1.86. The fourth-order valence-corrected chi connectivity index (χ4v) is 2.43. The summed E-state index contributed by atoms with van der Waals surface area (Å²) in [6.45, 7) is 5.32. The predicted octanol–water partition coefficient (Wildman–Crippen LogP) is 5.05. The van der Waals surface area contributed by atoms with E-state index in [1.807, 2.05) is 0 Å². The highest BCUT2D eigenvalue weighted by Gasteiger charge is 2.32. The number of benzene rings is 1. The van der Waals surface area contributed by atoms with Crippen molar-refractivity contribution in [2.75, 3.05) is 6.54 Å². The first-order valence-electron chi connectivity index (χ1n) is 6.83. The summed E-state index contributed by atoms with van der Waals surface area (Å²) in [6, 6.07) is 2.29. The number of nitrogens with zero attached hydrogens (tertiary/aromatic N) is 2. The Bertz CT molecular complexity index is 796. The molecule has 2 rings (SSSR count). The summed E-state index contributed by atoms with van der Waals surface area (Å²) in [7, 11) is 0. The van der Waals surface area contributed by atoms with Gasteiger partial charge >= 0.3 is 12.2 Å². The Morgan fingerprint density at radius 2 is 1.96 bits per heavy atom. The first kappa shape index (κ1) is 19.1. The number of ether oxygens (including phenoxy) is 1. The molecule has 0 saturated heterocycles. The van der Waals surface area contributed by atoms with E-state index in [1.165, 1.54) is 12.1 Å². The second-order valence-electron chi connectivity index (χ2n) is 4.88. The molecule has 5 nitrogen and oxygen atoms in total. The summed E-state index contributed by atoms with van der Waals surface area (Å²) in [5.74, 6) is -0.234. The zero-order valence-corrected chi connectivity index (χ0v) is 14.3. The largest absolute Gasteiger partial charge is 0.434 e. The molecule has 25 heavy (non-hydrogen) atoms. The first-order valence-corrected chi connectivity index (χ1v) is 7.59. The average molecular weight is 394 g/mol. The molecule has 0 spiro atoms. The highest BCUT2D eigenvalue weighted by molar-refractivity contribution is 6.37. The summed E-state index contributed by atoms with van der Waals surface area (Å²) in [4.78, 5) is 11.9. The highest BCUT2D eigenvalue weighted by Crippen LogP contribution is 2.41. The zero-order chi connectivity index (χ0) is 18.8. The number of rotatable bonds is 4. The van der Waals surface area contributed by atoms with Gasteiger partial charge in [-0.05, 0) is 19.1 Å². The molecular weight excluding hydrogens is 382 g/mol. The molecule has 0 aliphatic rings. The van der Waals surface area contributed by atoms with E-state index in [2.05, 4.69) is 17.0 Å². The van der Waals surface area contributed by atoms with Gasteiger partial charge in [0.05, 0.1) is 21.3 Å². The third-order valence-electron chi connectivity index (χ3n) is 2.99. The van der Waals surface area contributed by atoms with E-state index < -0.39 is 17.8 Å². The van der Waals surface area contributed by atoms with Crippen molar-refractivity contribution in [3.8, 4) is 11.6 Å². The van der Waals surface area contributed by atoms with Gasteiger partial charge in [0, 0.05) is 12.6 Å². The molecule has 2 aromatic rings. The molecule has 1 amide bonds. The minimum absolute atomic E-state index is 0.0465.